The van der Waals surface area contributed by atoms with Crippen LogP contribution in [0.15, 0.2) is 60.7 Å². The van der Waals surface area contributed by atoms with E-state index in [1.165, 1.54) is 23.8 Å². The molecule has 0 atom stereocenters. The van der Waals surface area contributed by atoms with Gasteiger partial charge in [0.15, 0.2) is 0 Å². The van der Waals surface area contributed by atoms with Crippen LogP contribution in [0.1, 0.15) is 23.2 Å². The lowest BCUT2D eigenvalue weighted by molar-refractivity contribution is -0.136. The largest absolute Gasteiger partial charge is 0.418 e. The number of benzene rings is 2. The normalized spacial score (nSPS) is 11.3. The van der Waals surface area contributed by atoms with Crippen molar-refractivity contribution < 1.29 is 13.2 Å². The molecule has 0 spiro atoms. The Hall–Kier alpha value is -3.09. The molecule has 0 amide bonds. The van der Waals surface area contributed by atoms with E-state index in [9.17, 15) is 13.2 Å². The maximum absolute atomic E-state index is 13.2. The molecular formula is C21H21F3N4. The quantitative estimate of drug-likeness (QED) is 0.520. The number of anilines is 3. The van der Waals surface area contributed by atoms with E-state index in [-0.39, 0.29) is 11.6 Å². The van der Waals surface area contributed by atoms with Gasteiger partial charge in [0.1, 0.15) is 5.82 Å². The predicted octanol–water partition coefficient (Wildman–Crippen LogP) is 5.59. The summed E-state index contributed by atoms with van der Waals surface area (Å²) in [4.78, 5) is 8.49. The fourth-order valence-corrected chi connectivity index (χ4v) is 2.83. The van der Waals surface area contributed by atoms with Crippen LogP contribution in [-0.2, 0) is 12.6 Å². The highest BCUT2D eigenvalue weighted by molar-refractivity contribution is 5.60. The van der Waals surface area contributed by atoms with Crippen molar-refractivity contribution in [3.63, 3.8) is 0 Å². The molecule has 4 nitrogen and oxygen atoms in total. The number of aromatic nitrogens is 2. The van der Waals surface area contributed by atoms with Crippen molar-refractivity contribution in [1.29, 1.82) is 0 Å². The van der Waals surface area contributed by atoms with Gasteiger partial charge in [0.25, 0.3) is 0 Å². The third kappa shape index (κ3) is 5.45. The van der Waals surface area contributed by atoms with E-state index >= 15 is 0 Å². The predicted molar refractivity (Wildman–Crippen MR) is 105 cm³/mol. The molecule has 1 heterocycles. The molecular weight excluding hydrogens is 365 g/mol. The van der Waals surface area contributed by atoms with Gasteiger partial charge in [0.2, 0.25) is 5.95 Å². The number of rotatable bonds is 7. The lowest BCUT2D eigenvalue weighted by atomic mass is 10.1. The van der Waals surface area contributed by atoms with Crippen molar-refractivity contribution in [2.75, 3.05) is 17.2 Å². The highest BCUT2D eigenvalue weighted by Crippen LogP contribution is 2.35. The molecule has 0 saturated heterocycles. The smallest absolute Gasteiger partial charge is 0.370 e. The Morgan fingerprint density at radius 3 is 2.39 bits per heavy atom. The molecule has 2 aromatic carbocycles. The summed E-state index contributed by atoms with van der Waals surface area (Å²) >= 11 is 0. The molecule has 3 rings (SSSR count). The van der Waals surface area contributed by atoms with E-state index in [0.29, 0.717) is 18.1 Å². The van der Waals surface area contributed by atoms with Gasteiger partial charge in [-0.2, -0.15) is 18.2 Å². The van der Waals surface area contributed by atoms with Crippen molar-refractivity contribution in [3.8, 4) is 0 Å². The summed E-state index contributed by atoms with van der Waals surface area (Å²) in [5.74, 6) is 0.704. The second-order valence-electron chi connectivity index (χ2n) is 6.40. The summed E-state index contributed by atoms with van der Waals surface area (Å²) in [6.45, 7) is 2.47. The highest BCUT2D eigenvalue weighted by atomic mass is 19.4. The van der Waals surface area contributed by atoms with Crippen molar-refractivity contribution >= 4 is 17.5 Å². The molecule has 0 bridgehead atoms. The van der Waals surface area contributed by atoms with Crippen LogP contribution in [0.4, 0.5) is 30.6 Å². The van der Waals surface area contributed by atoms with Crippen molar-refractivity contribution in [2.24, 2.45) is 0 Å². The fraction of sp³-hybridized carbons (Fsp3) is 0.238. The van der Waals surface area contributed by atoms with E-state index in [0.717, 1.165) is 18.9 Å². The zero-order chi connectivity index (χ0) is 20.0. The second-order valence-corrected chi connectivity index (χ2v) is 6.40. The first-order valence-corrected chi connectivity index (χ1v) is 8.98. The number of nitrogens with one attached hydrogen (secondary N) is 2. The molecule has 3 aromatic rings. The topological polar surface area (TPSA) is 49.8 Å². The molecule has 0 aliphatic rings. The summed E-state index contributed by atoms with van der Waals surface area (Å²) in [6, 6.07) is 17.2. The molecule has 0 saturated carbocycles. The summed E-state index contributed by atoms with van der Waals surface area (Å²) in [6.07, 6.45) is -2.61. The van der Waals surface area contributed by atoms with Crippen LogP contribution in [0.5, 0.6) is 0 Å². The lowest BCUT2D eigenvalue weighted by Gasteiger charge is -2.14. The number of aryl methyl sites for hydroxylation is 2. The zero-order valence-electron chi connectivity index (χ0n) is 15.4. The van der Waals surface area contributed by atoms with Crippen molar-refractivity contribution in [1.82, 2.24) is 9.97 Å². The van der Waals surface area contributed by atoms with Crippen LogP contribution < -0.4 is 10.6 Å². The molecule has 2 N–H and O–H groups in total. The second kappa shape index (κ2) is 8.73. The van der Waals surface area contributed by atoms with Gasteiger partial charge in [-0.15, -0.1) is 0 Å². The van der Waals surface area contributed by atoms with Crippen molar-refractivity contribution in [3.05, 3.63) is 77.5 Å². The summed E-state index contributed by atoms with van der Waals surface area (Å²) < 4.78 is 39.5. The Kier molecular flexibility index (Phi) is 6.13. The molecule has 0 aliphatic carbocycles. The van der Waals surface area contributed by atoms with Crippen LogP contribution in [-0.4, -0.2) is 16.5 Å². The minimum atomic E-state index is -4.45. The van der Waals surface area contributed by atoms with Gasteiger partial charge >= 0.3 is 6.18 Å². The van der Waals surface area contributed by atoms with Gasteiger partial charge in [-0.25, -0.2) is 4.98 Å². The standard InChI is InChI=1S/C21H21F3N4/c1-15-14-19(25-13-7-10-16-8-3-2-4-9-16)28-20(26-15)27-18-12-6-5-11-17(18)21(22,23)24/h2-6,8-9,11-12,14H,7,10,13H2,1H3,(H2,25,26,27,28). The van der Waals surface area contributed by atoms with Crippen LogP contribution in [0.2, 0.25) is 0 Å². The summed E-state index contributed by atoms with van der Waals surface area (Å²) in [5, 5.41) is 5.91. The molecule has 1 aromatic heterocycles. The number of alkyl halides is 3. The maximum Gasteiger partial charge on any atom is 0.418 e. The minimum absolute atomic E-state index is 0.0735. The fourth-order valence-electron chi connectivity index (χ4n) is 2.83. The van der Waals surface area contributed by atoms with Gasteiger partial charge in [-0.05, 0) is 37.5 Å². The Bertz CT molecular complexity index is 911. The van der Waals surface area contributed by atoms with Crippen molar-refractivity contribution in [2.45, 2.75) is 25.9 Å². The minimum Gasteiger partial charge on any atom is -0.370 e. The number of para-hydroxylation sites is 1. The van der Waals surface area contributed by atoms with Crippen LogP contribution in [0.25, 0.3) is 0 Å². The molecule has 0 unspecified atom stereocenters. The van der Waals surface area contributed by atoms with Gasteiger partial charge in [-0.1, -0.05) is 42.5 Å². The van der Waals surface area contributed by atoms with E-state index in [4.69, 9.17) is 0 Å². The Balaban J connectivity index is 1.65. The third-order valence-corrected chi connectivity index (χ3v) is 4.12. The number of halogens is 3. The number of hydrogen-bond acceptors (Lipinski definition) is 4. The Morgan fingerprint density at radius 1 is 0.929 bits per heavy atom. The van der Waals surface area contributed by atoms with E-state index in [1.54, 1.807) is 13.0 Å². The van der Waals surface area contributed by atoms with Gasteiger partial charge in [0.05, 0.1) is 11.3 Å². The first kappa shape index (κ1) is 19.7. The Labute approximate surface area is 161 Å². The first-order chi connectivity index (χ1) is 13.4. The summed E-state index contributed by atoms with van der Waals surface area (Å²) in [7, 11) is 0. The molecule has 28 heavy (non-hydrogen) atoms. The van der Waals surface area contributed by atoms with Crippen LogP contribution in [0, 0.1) is 6.92 Å². The lowest BCUT2D eigenvalue weighted by Crippen LogP contribution is -2.11. The van der Waals surface area contributed by atoms with Crippen LogP contribution in [0.3, 0.4) is 0 Å². The monoisotopic (exact) mass is 386 g/mol. The van der Waals surface area contributed by atoms with Gasteiger partial charge in [-0.3, -0.25) is 0 Å². The first-order valence-electron chi connectivity index (χ1n) is 8.98. The van der Waals surface area contributed by atoms with Gasteiger partial charge < -0.3 is 10.6 Å². The SMILES string of the molecule is Cc1cc(NCCCc2ccccc2)nc(Nc2ccccc2C(F)(F)F)n1. The summed E-state index contributed by atoms with van der Waals surface area (Å²) in [5.41, 5.74) is 1.09. The van der Waals surface area contributed by atoms with Crippen LogP contribution >= 0.6 is 0 Å². The van der Waals surface area contributed by atoms with Gasteiger partial charge in [0, 0.05) is 18.3 Å². The zero-order valence-corrected chi connectivity index (χ0v) is 15.4. The van der Waals surface area contributed by atoms with E-state index in [2.05, 4.69) is 32.7 Å². The molecule has 0 aliphatic heterocycles. The Morgan fingerprint density at radius 2 is 1.64 bits per heavy atom. The van der Waals surface area contributed by atoms with E-state index < -0.39 is 11.7 Å². The molecule has 0 radical (unpaired) electrons. The number of nitrogens with zero attached hydrogens (tertiary/aromatic N) is 2. The highest BCUT2D eigenvalue weighted by Gasteiger charge is 2.33. The molecule has 146 valence electrons. The number of hydrogen-bond donors (Lipinski definition) is 2. The maximum atomic E-state index is 13.2. The molecule has 0 fully saturated rings. The third-order valence-electron chi connectivity index (χ3n) is 4.12. The average Bonchev–Trinajstić information content (AvgIpc) is 2.65. The molecule has 7 heteroatoms. The van der Waals surface area contributed by atoms with E-state index in [1.807, 2.05) is 18.2 Å². The average molecular weight is 386 g/mol.